The van der Waals surface area contributed by atoms with Crippen molar-refractivity contribution in [3.8, 4) is 0 Å². The first-order valence-electron chi connectivity index (χ1n) is 3.09. The van der Waals surface area contributed by atoms with Crippen LogP contribution in [0.15, 0.2) is 22.0 Å². The maximum absolute atomic E-state index is 5.55. The van der Waals surface area contributed by atoms with Crippen LogP contribution in [0.3, 0.4) is 0 Å². The molecule has 1 aliphatic heterocycles. The molecule has 9 heavy (non-hydrogen) atoms. The number of hydrogen-bond donors (Lipinski definition) is 1. The Labute approximate surface area is 54.7 Å². The molecule has 1 unspecified atom stereocenters. The van der Waals surface area contributed by atoms with Crippen molar-refractivity contribution in [2.45, 2.75) is 19.4 Å². The Morgan fingerprint density at radius 1 is 1.89 bits per heavy atom. The van der Waals surface area contributed by atoms with Gasteiger partial charge in [0.2, 0.25) is 0 Å². The summed E-state index contributed by atoms with van der Waals surface area (Å²) in [6.45, 7) is 2.74. The van der Waals surface area contributed by atoms with Crippen molar-refractivity contribution in [1.29, 1.82) is 0 Å². The number of nitrogens with two attached hydrogens (primary N) is 1. The monoisotopic (exact) mass is 125 g/mol. The molecule has 0 aromatic heterocycles. The van der Waals surface area contributed by atoms with E-state index in [0.717, 1.165) is 13.0 Å². The lowest BCUT2D eigenvalue weighted by Gasteiger charge is -2.01. The van der Waals surface area contributed by atoms with E-state index in [1.54, 1.807) is 6.20 Å². The van der Waals surface area contributed by atoms with Gasteiger partial charge in [-0.25, -0.2) is 0 Å². The Hall–Kier alpha value is -0.700. The molecule has 3 nitrogen and oxygen atoms in total. The SMILES string of the molecule is CC(N)CC1=CN=NC1. The molecule has 0 radical (unpaired) electrons. The molecule has 0 aliphatic carbocycles. The van der Waals surface area contributed by atoms with Gasteiger partial charge in [0.25, 0.3) is 0 Å². The third-order valence-corrected chi connectivity index (χ3v) is 1.18. The summed E-state index contributed by atoms with van der Waals surface area (Å²) in [7, 11) is 0. The lowest BCUT2D eigenvalue weighted by Crippen LogP contribution is -2.15. The molecule has 50 valence electrons. The Morgan fingerprint density at radius 2 is 2.67 bits per heavy atom. The summed E-state index contributed by atoms with van der Waals surface area (Å²) >= 11 is 0. The summed E-state index contributed by atoms with van der Waals surface area (Å²) in [5.74, 6) is 0. The van der Waals surface area contributed by atoms with Gasteiger partial charge < -0.3 is 5.73 Å². The summed E-state index contributed by atoms with van der Waals surface area (Å²) in [5.41, 5.74) is 6.79. The van der Waals surface area contributed by atoms with Crippen molar-refractivity contribution in [3.05, 3.63) is 11.8 Å². The van der Waals surface area contributed by atoms with E-state index in [1.807, 2.05) is 6.92 Å². The highest BCUT2D eigenvalue weighted by atomic mass is 15.1. The quantitative estimate of drug-likeness (QED) is 0.589. The molecule has 1 aliphatic rings. The molecule has 0 saturated heterocycles. The number of azo groups is 1. The van der Waals surface area contributed by atoms with Crippen molar-refractivity contribution >= 4 is 0 Å². The standard InChI is InChI=1S/C6H11N3/c1-5(7)2-6-3-8-9-4-6/h3,5H,2,4,7H2,1H3. The fourth-order valence-electron chi connectivity index (χ4n) is 0.826. The molecular weight excluding hydrogens is 114 g/mol. The van der Waals surface area contributed by atoms with Crippen molar-refractivity contribution in [3.63, 3.8) is 0 Å². The predicted octanol–water partition coefficient (Wildman–Crippen LogP) is 1.07. The van der Waals surface area contributed by atoms with Crippen LogP contribution in [-0.4, -0.2) is 12.6 Å². The predicted molar refractivity (Wildman–Crippen MR) is 36.1 cm³/mol. The number of rotatable bonds is 2. The van der Waals surface area contributed by atoms with Crippen molar-refractivity contribution in [1.82, 2.24) is 0 Å². The van der Waals surface area contributed by atoms with Crippen LogP contribution in [-0.2, 0) is 0 Å². The van der Waals surface area contributed by atoms with E-state index in [0.29, 0.717) is 0 Å². The average molecular weight is 125 g/mol. The third kappa shape index (κ3) is 1.93. The van der Waals surface area contributed by atoms with Gasteiger partial charge in [0.1, 0.15) is 0 Å². The van der Waals surface area contributed by atoms with Crippen LogP contribution in [0.25, 0.3) is 0 Å². The highest BCUT2D eigenvalue weighted by Crippen LogP contribution is 2.09. The minimum Gasteiger partial charge on any atom is -0.328 e. The lowest BCUT2D eigenvalue weighted by atomic mass is 10.1. The molecule has 1 rings (SSSR count). The van der Waals surface area contributed by atoms with Crippen LogP contribution in [0.1, 0.15) is 13.3 Å². The molecular formula is C6H11N3. The number of nitrogens with zero attached hydrogens (tertiary/aromatic N) is 2. The highest BCUT2D eigenvalue weighted by molar-refractivity contribution is 5.07. The minimum absolute atomic E-state index is 0.236. The Morgan fingerprint density at radius 3 is 3.11 bits per heavy atom. The fraction of sp³-hybridized carbons (Fsp3) is 0.667. The maximum Gasteiger partial charge on any atom is 0.0832 e. The minimum atomic E-state index is 0.236. The van der Waals surface area contributed by atoms with Gasteiger partial charge in [0.05, 0.1) is 12.7 Å². The molecule has 0 bridgehead atoms. The van der Waals surface area contributed by atoms with Gasteiger partial charge in [-0.15, -0.1) is 0 Å². The van der Waals surface area contributed by atoms with E-state index in [9.17, 15) is 0 Å². The zero-order chi connectivity index (χ0) is 6.69. The molecule has 1 heterocycles. The average Bonchev–Trinajstić information content (AvgIpc) is 2.15. The van der Waals surface area contributed by atoms with Crippen LogP contribution in [0.5, 0.6) is 0 Å². The summed E-state index contributed by atoms with van der Waals surface area (Å²) in [6, 6.07) is 0.236. The molecule has 2 N–H and O–H groups in total. The topological polar surface area (TPSA) is 50.7 Å². The largest absolute Gasteiger partial charge is 0.328 e. The lowest BCUT2D eigenvalue weighted by molar-refractivity contribution is 0.725. The number of hydrogen-bond acceptors (Lipinski definition) is 3. The van der Waals surface area contributed by atoms with E-state index in [4.69, 9.17) is 5.73 Å². The first-order chi connectivity index (χ1) is 4.29. The zero-order valence-electron chi connectivity index (χ0n) is 5.54. The van der Waals surface area contributed by atoms with Crippen LogP contribution in [0, 0.1) is 0 Å². The van der Waals surface area contributed by atoms with Gasteiger partial charge in [-0.1, -0.05) is 0 Å². The molecule has 0 saturated carbocycles. The summed E-state index contributed by atoms with van der Waals surface area (Å²) in [5, 5.41) is 7.52. The van der Waals surface area contributed by atoms with Gasteiger partial charge in [0.15, 0.2) is 0 Å². The van der Waals surface area contributed by atoms with E-state index in [2.05, 4.69) is 10.2 Å². The van der Waals surface area contributed by atoms with E-state index >= 15 is 0 Å². The van der Waals surface area contributed by atoms with Crippen LogP contribution >= 0.6 is 0 Å². The first kappa shape index (κ1) is 6.42. The smallest absolute Gasteiger partial charge is 0.0832 e. The Bertz CT molecular complexity index is 146. The molecule has 0 fully saturated rings. The zero-order valence-corrected chi connectivity index (χ0v) is 5.54. The molecule has 3 heteroatoms. The normalized spacial score (nSPS) is 20.0. The van der Waals surface area contributed by atoms with Crippen LogP contribution in [0.2, 0.25) is 0 Å². The van der Waals surface area contributed by atoms with Crippen molar-refractivity contribution in [2.24, 2.45) is 16.0 Å². The van der Waals surface area contributed by atoms with Crippen LogP contribution in [0.4, 0.5) is 0 Å². The fourth-order valence-corrected chi connectivity index (χ4v) is 0.826. The molecule has 0 spiro atoms. The van der Waals surface area contributed by atoms with Crippen LogP contribution < -0.4 is 5.73 Å². The Balaban J connectivity index is 2.30. The first-order valence-corrected chi connectivity index (χ1v) is 3.09. The van der Waals surface area contributed by atoms with Crippen molar-refractivity contribution < 1.29 is 0 Å². The molecule has 0 aromatic carbocycles. The Kier molecular flexibility index (Phi) is 1.95. The molecule has 0 amide bonds. The third-order valence-electron chi connectivity index (χ3n) is 1.18. The summed E-state index contributed by atoms with van der Waals surface area (Å²) in [4.78, 5) is 0. The van der Waals surface area contributed by atoms with Gasteiger partial charge in [-0.2, -0.15) is 10.2 Å². The second-order valence-electron chi connectivity index (χ2n) is 2.38. The van der Waals surface area contributed by atoms with Gasteiger partial charge in [-0.05, 0) is 18.9 Å². The van der Waals surface area contributed by atoms with Gasteiger partial charge in [-0.3, -0.25) is 0 Å². The van der Waals surface area contributed by atoms with E-state index < -0.39 is 0 Å². The van der Waals surface area contributed by atoms with E-state index in [1.165, 1.54) is 5.57 Å². The second-order valence-corrected chi connectivity index (χ2v) is 2.38. The van der Waals surface area contributed by atoms with E-state index in [-0.39, 0.29) is 6.04 Å². The molecule has 1 atom stereocenters. The maximum atomic E-state index is 5.55. The van der Waals surface area contributed by atoms with Crippen molar-refractivity contribution in [2.75, 3.05) is 6.54 Å². The summed E-state index contributed by atoms with van der Waals surface area (Å²) < 4.78 is 0. The second kappa shape index (κ2) is 2.73. The summed E-state index contributed by atoms with van der Waals surface area (Å²) in [6.07, 6.45) is 2.72. The van der Waals surface area contributed by atoms with Gasteiger partial charge >= 0.3 is 0 Å². The highest BCUT2D eigenvalue weighted by Gasteiger charge is 2.03. The molecule has 0 aromatic rings. The van der Waals surface area contributed by atoms with Gasteiger partial charge in [0, 0.05) is 6.04 Å².